The SMILES string of the molecule is c1ccc(-c2cc(-c3ccccc3)c(-c3ccc(-c4ccc(-n5c6ccccc6c6ccccc65)cc4)c(-c4ccc(-n5c6ccccc6c6ccccc65)cc4)c3)c(-c3ccccc3)c2)cc1. The van der Waals surface area contributed by atoms with Gasteiger partial charge in [-0.3, -0.25) is 0 Å². The van der Waals surface area contributed by atoms with Crippen LogP contribution in [-0.2, 0) is 0 Å². The van der Waals surface area contributed by atoms with Crippen LogP contribution in [0.4, 0.5) is 0 Å². The zero-order valence-corrected chi connectivity index (χ0v) is 37.3. The number of nitrogens with zero attached hydrogens (tertiary/aromatic N) is 2. The molecule has 2 nitrogen and oxygen atoms in total. The third kappa shape index (κ3) is 6.65. The van der Waals surface area contributed by atoms with Gasteiger partial charge >= 0.3 is 0 Å². The van der Waals surface area contributed by atoms with Gasteiger partial charge in [0.2, 0.25) is 0 Å². The van der Waals surface area contributed by atoms with Gasteiger partial charge in [0.15, 0.2) is 0 Å². The van der Waals surface area contributed by atoms with Crippen molar-refractivity contribution in [1.29, 1.82) is 0 Å². The van der Waals surface area contributed by atoms with E-state index in [1.165, 1.54) is 93.7 Å². The van der Waals surface area contributed by atoms with Crippen LogP contribution in [0.1, 0.15) is 0 Å². The average molecular weight is 865 g/mol. The van der Waals surface area contributed by atoms with Gasteiger partial charge < -0.3 is 9.13 Å². The minimum atomic E-state index is 1.13. The van der Waals surface area contributed by atoms with Crippen LogP contribution in [0.2, 0.25) is 0 Å². The summed E-state index contributed by atoms with van der Waals surface area (Å²) >= 11 is 0. The van der Waals surface area contributed by atoms with E-state index in [-0.39, 0.29) is 0 Å². The lowest BCUT2D eigenvalue weighted by Gasteiger charge is -2.21. The maximum absolute atomic E-state index is 2.43. The van der Waals surface area contributed by atoms with Crippen LogP contribution in [0.5, 0.6) is 0 Å². The second-order valence-corrected chi connectivity index (χ2v) is 17.6. The summed E-state index contributed by atoms with van der Waals surface area (Å²) < 4.78 is 4.78. The lowest BCUT2D eigenvalue weighted by atomic mass is 9.83. The van der Waals surface area contributed by atoms with Crippen molar-refractivity contribution in [3.8, 4) is 78.1 Å². The maximum atomic E-state index is 2.43. The second kappa shape index (κ2) is 16.5. The van der Waals surface area contributed by atoms with E-state index in [0.29, 0.717) is 0 Å². The lowest BCUT2D eigenvalue weighted by Crippen LogP contribution is -1.96. The fourth-order valence-corrected chi connectivity index (χ4v) is 10.6. The van der Waals surface area contributed by atoms with Gasteiger partial charge in [-0.05, 0) is 133 Å². The van der Waals surface area contributed by atoms with Gasteiger partial charge in [0.1, 0.15) is 0 Å². The molecule has 11 aromatic carbocycles. The highest BCUT2D eigenvalue weighted by Crippen LogP contribution is 2.46. The molecule has 0 saturated carbocycles. The molecule has 0 aliphatic carbocycles. The van der Waals surface area contributed by atoms with Crippen molar-refractivity contribution >= 4 is 43.6 Å². The van der Waals surface area contributed by atoms with E-state index in [9.17, 15) is 0 Å². The third-order valence-corrected chi connectivity index (χ3v) is 13.8. The van der Waals surface area contributed by atoms with Crippen LogP contribution in [-0.4, -0.2) is 9.13 Å². The standard InChI is InChI=1S/C66H44N2/c1-4-18-45(19-5-1)51-43-60(46-20-6-2-7-21-46)66(61(44-51)47-22-8-3-9-23-47)50-36-41-54(48-32-37-52(38-33-48)67-62-28-14-10-24-55(62)56-25-11-15-29-63(56)67)59(42-50)49-34-39-53(40-35-49)68-64-30-16-12-26-57(64)58-27-13-17-31-65(58)68/h1-44H. The third-order valence-electron chi connectivity index (χ3n) is 13.8. The van der Waals surface area contributed by atoms with Crippen molar-refractivity contribution in [2.24, 2.45) is 0 Å². The Balaban J connectivity index is 1.02. The Hall–Kier alpha value is -8.98. The van der Waals surface area contributed by atoms with Crippen LogP contribution in [0.25, 0.3) is 122 Å². The fraction of sp³-hybridized carbons (Fsp3) is 0. The van der Waals surface area contributed by atoms with E-state index in [0.717, 1.165) is 28.1 Å². The fourth-order valence-electron chi connectivity index (χ4n) is 10.6. The molecular weight excluding hydrogens is 821 g/mol. The Morgan fingerprint density at radius 3 is 0.912 bits per heavy atom. The molecule has 0 bridgehead atoms. The number of para-hydroxylation sites is 4. The molecule has 13 aromatic rings. The van der Waals surface area contributed by atoms with Crippen molar-refractivity contribution in [3.05, 3.63) is 267 Å². The molecule has 0 spiro atoms. The average Bonchev–Trinajstić information content (AvgIpc) is 3.94. The van der Waals surface area contributed by atoms with Crippen molar-refractivity contribution in [2.45, 2.75) is 0 Å². The van der Waals surface area contributed by atoms with Crippen LogP contribution in [0, 0.1) is 0 Å². The van der Waals surface area contributed by atoms with Gasteiger partial charge in [0.05, 0.1) is 22.1 Å². The molecule has 318 valence electrons. The minimum absolute atomic E-state index is 1.13. The molecule has 2 aromatic heterocycles. The van der Waals surface area contributed by atoms with Gasteiger partial charge in [-0.25, -0.2) is 0 Å². The van der Waals surface area contributed by atoms with Crippen LogP contribution in [0.3, 0.4) is 0 Å². The van der Waals surface area contributed by atoms with Crippen LogP contribution in [0.15, 0.2) is 267 Å². The van der Waals surface area contributed by atoms with Crippen molar-refractivity contribution in [1.82, 2.24) is 9.13 Å². The molecule has 13 rings (SSSR count). The van der Waals surface area contributed by atoms with E-state index >= 15 is 0 Å². The van der Waals surface area contributed by atoms with Crippen molar-refractivity contribution in [3.63, 3.8) is 0 Å². The molecule has 0 N–H and O–H groups in total. The predicted octanol–water partition coefficient (Wildman–Crippen LogP) is 17.9. The number of fused-ring (bicyclic) bond motifs is 6. The summed E-state index contributed by atoms with van der Waals surface area (Å²) in [7, 11) is 0. The van der Waals surface area contributed by atoms with Gasteiger partial charge in [-0.1, -0.05) is 200 Å². The molecule has 0 unspecified atom stereocenters. The highest BCUT2D eigenvalue weighted by molar-refractivity contribution is 6.10. The first-order valence-corrected chi connectivity index (χ1v) is 23.4. The predicted molar refractivity (Wildman–Crippen MR) is 288 cm³/mol. The first kappa shape index (κ1) is 39.4. The Bertz CT molecular complexity index is 3800. The smallest absolute Gasteiger partial charge is 0.0541 e. The summed E-state index contributed by atoms with van der Waals surface area (Å²) in [6.07, 6.45) is 0. The number of hydrogen-bond donors (Lipinski definition) is 0. The zero-order chi connectivity index (χ0) is 45.0. The summed E-state index contributed by atoms with van der Waals surface area (Å²) in [5.74, 6) is 0. The Morgan fingerprint density at radius 2 is 0.500 bits per heavy atom. The van der Waals surface area contributed by atoms with E-state index < -0.39 is 0 Å². The molecule has 0 radical (unpaired) electrons. The number of hydrogen-bond acceptors (Lipinski definition) is 0. The second-order valence-electron chi connectivity index (χ2n) is 17.6. The lowest BCUT2D eigenvalue weighted by molar-refractivity contribution is 1.18. The van der Waals surface area contributed by atoms with E-state index in [1.54, 1.807) is 0 Å². The normalized spacial score (nSPS) is 11.5. The molecule has 0 saturated heterocycles. The summed E-state index contributed by atoms with van der Waals surface area (Å²) in [5, 5.41) is 5.04. The first-order valence-electron chi connectivity index (χ1n) is 23.4. The Kier molecular flexibility index (Phi) is 9.54. The molecule has 68 heavy (non-hydrogen) atoms. The molecule has 0 fully saturated rings. The Morgan fingerprint density at radius 1 is 0.191 bits per heavy atom. The number of rotatable bonds is 8. The number of benzene rings is 11. The van der Waals surface area contributed by atoms with Crippen LogP contribution < -0.4 is 0 Å². The van der Waals surface area contributed by atoms with Crippen LogP contribution >= 0.6 is 0 Å². The van der Waals surface area contributed by atoms with Crippen molar-refractivity contribution in [2.75, 3.05) is 0 Å². The van der Waals surface area contributed by atoms with Gasteiger partial charge in [-0.15, -0.1) is 0 Å². The summed E-state index contributed by atoms with van der Waals surface area (Å²) in [5.41, 5.74) is 21.2. The largest absolute Gasteiger partial charge is 0.309 e. The quantitative estimate of drug-likeness (QED) is 0.144. The monoisotopic (exact) mass is 864 g/mol. The molecule has 2 heteroatoms. The molecule has 0 atom stereocenters. The molecule has 2 heterocycles. The first-order chi connectivity index (χ1) is 33.7. The molecule has 0 aliphatic heterocycles. The van der Waals surface area contributed by atoms with Gasteiger partial charge in [0.25, 0.3) is 0 Å². The summed E-state index contributed by atoms with van der Waals surface area (Å²) in [6, 6.07) is 97.6. The van der Waals surface area contributed by atoms with Gasteiger partial charge in [0, 0.05) is 32.9 Å². The highest BCUT2D eigenvalue weighted by atomic mass is 15.0. The number of aromatic nitrogens is 2. The maximum Gasteiger partial charge on any atom is 0.0541 e. The van der Waals surface area contributed by atoms with E-state index in [4.69, 9.17) is 0 Å². The highest BCUT2D eigenvalue weighted by Gasteiger charge is 2.21. The molecule has 0 aliphatic rings. The molecule has 0 amide bonds. The topological polar surface area (TPSA) is 9.86 Å². The molecular formula is C66H44N2. The van der Waals surface area contributed by atoms with Crippen molar-refractivity contribution < 1.29 is 0 Å². The summed E-state index contributed by atoms with van der Waals surface area (Å²) in [6.45, 7) is 0. The zero-order valence-electron chi connectivity index (χ0n) is 37.3. The van der Waals surface area contributed by atoms with E-state index in [1.807, 2.05) is 0 Å². The minimum Gasteiger partial charge on any atom is -0.309 e. The Labute approximate surface area is 395 Å². The summed E-state index contributed by atoms with van der Waals surface area (Å²) in [4.78, 5) is 0. The van der Waals surface area contributed by atoms with E-state index in [2.05, 4.69) is 276 Å². The van der Waals surface area contributed by atoms with Gasteiger partial charge in [-0.2, -0.15) is 0 Å².